The Morgan fingerprint density at radius 2 is 1.80 bits per heavy atom. The Bertz CT molecular complexity index is 946. The summed E-state index contributed by atoms with van der Waals surface area (Å²) in [4.78, 5) is 29.9. The predicted octanol–water partition coefficient (Wildman–Crippen LogP) is 2.15. The van der Waals surface area contributed by atoms with Gasteiger partial charge in [0.05, 0.1) is 5.56 Å². The smallest absolute Gasteiger partial charge is 0.369 e. The van der Waals surface area contributed by atoms with Crippen LogP contribution in [-0.4, -0.2) is 71.2 Å². The molecule has 0 spiro atoms. The predicted molar refractivity (Wildman–Crippen MR) is 106 cm³/mol. The molecule has 0 aliphatic carbocycles. The summed E-state index contributed by atoms with van der Waals surface area (Å²) in [6.07, 6.45) is -2.50. The lowest BCUT2D eigenvalue weighted by Crippen LogP contribution is -2.56. The lowest BCUT2D eigenvalue weighted by atomic mass is 10.0. The zero-order valence-electron chi connectivity index (χ0n) is 16.4. The minimum absolute atomic E-state index is 0.194. The van der Waals surface area contributed by atoms with Gasteiger partial charge in [-0.05, 0) is 31.0 Å². The van der Waals surface area contributed by atoms with E-state index in [1.54, 1.807) is 11.0 Å². The molecule has 1 atom stereocenters. The highest BCUT2D eigenvalue weighted by Crippen LogP contribution is 2.32. The molecule has 162 valence electrons. The summed E-state index contributed by atoms with van der Waals surface area (Å²) in [5.74, 6) is -0.194. The fourth-order valence-corrected chi connectivity index (χ4v) is 4.28. The number of hydrogen-bond acceptors (Lipinski definition) is 4. The zero-order chi connectivity index (χ0) is 21.3. The van der Waals surface area contributed by atoms with Gasteiger partial charge in [0.15, 0.2) is 0 Å². The third-order valence-electron chi connectivity index (χ3n) is 5.88. The Morgan fingerprint density at radius 3 is 2.47 bits per heavy atom. The highest BCUT2D eigenvalue weighted by Gasteiger charge is 2.33. The third-order valence-corrected chi connectivity index (χ3v) is 5.88. The number of hydrogen-bond donors (Lipinski definition) is 2. The molecule has 2 saturated heterocycles. The minimum Gasteiger partial charge on any atom is -0.369 e. The minimum atomic E-state index is -4.35. The largest absolute Gasteiger partial charge is 0.416 e. The highest BCUT2D eigenvalue weighted by molar-refractivity contribution is 5.92. The number of piperidine rings is 1. The molecule has 30 heavy (non-hydrogen) atoms. The van der Waals surface area contributed by atoms with Gasteiger partial charge in [-0.1, -0.05) is 6.07 Å². The van der Waals surface area contributed by atoms with Gasteiger partial charge in [-0.2, -0.15) is 13.2 Å². The summed E-state index contributed by atoms with van der Waals surface area (Å²) in [6.45, 7) is 3.95. The van der Waals surface area contributed by atoms with E-state index in [2.05, 4.69) is 15.1 Å². The average Bonchev–Trinajstić information content (AvgIpc) is 3.19. The SMILES string of the molecule is O=C(c1cc(=O)[nH][nH]1)N1CCC[C@@H](N2CCN(c3cccc(C(F)(F)F)c3)CC2)C1. The van der Waals surface area contributed by atoms with E-state index in [0.29, 0.717) is 31.9 Å². The van der Waals surface area contributed by atoms with Crippen LogP contribution in [0.4, 0.5) is 18.9 Å². The number of likely N-dealkylation sites (tertiary alicyclic amines) is 1. The molecule has 0 unspecified atom stereocenters. The fourth-order valence-electron chi connectivity index (χ4n) is 4.28. The molecule has 1 aromatic heterocycles. The molecule has 0 saturated carbocycles. The summed E-state index contributed by atoms with van der Waals surface area (Å²) in [7, 11) is 0. The molecule has 0 bridgehead atoms. The average molecular weight is 423 g/mol. The van der Waals surface area contributed by atoms with Crippen molar-refractivity contribution < 1.29 is 18.0 Å². The highest BCUT2D eigenvalue weighted by atomic mass is 19.4. The standard InChI is InChI=1S/C20H24F3N5O2/c21-20(22,23)14-3-1-4-15(11-14)26-7-9-27(10-8-26)16-5-2-6-28(13-16)19(30)17-12-18(29)25-24-17/h1,3-4,11-12,16H,2,5-10,13H2,(H2,24,25,29)/t16-/m1/s1. The van der Waals surface area contributed by atoms with E-state index in [0.717, 1.165) is 32.0 Å². The number of benzene rings is 1. The molecule has 2 N–H and O–H groups in total. The van der Waals surface area contributed by atoms with Crippen LogP contribution in [0, 0.1) is 0 Å². The molecule has 0 radical (unpaired) electrons. The van der Waals surface area contributed by atoms with Crippen molar-refractivity contribution in [2.45, 2.75) is 25.1 Å². The Morgan fingerprint density at radius 1 is 1.03 bits per heavy atom. The van der Waals surface area contributed by atoms with Gasteiger partial charge < -0.3 is 9.80 Å². The summed E-state index contributed by atoms with van der Waals surface area (Å²) >= 11 is 0. The number of carbonyl (C=O) groups is 1. The molecule has 2 fully saturated rings. The number of H-pyrrole nitrogens is 2. The molecule has 3 heterocycles. The van der Waals surface area contributed by atoms with Crippen molar-refractivity contribution in [3.8, 4) is 0 Å². The van der Waals surface area contributed by atoms with Gasteiger partial charge in [-0.3, -0.25) is 24.7 Å². The Hall–Kier alpha value is -2.75. The Balaban J connectivity index is 1.36. The quantitative estimate of drug-likeness (QED) is 0.794. The number of rotatable bonds is 3. The first-order valence-electron chi connectivity index (χ1n) is 10.0. The number of aromatic nitrogens is 2. The van der Waals surface area contributed by atoms with Crippen molar-refractivity contribution in [2.24, 2.45) is 0 Å². The van der Waals surface area contributed by atoms with E-state index >= 15 is 0 Å². The second-order valence-corrected chi connectivity index (χ2v) is 7.79. The normalized spacial score (nSPS) is 21.1. The number of anilines is 1. The van der Waals surface area contributed by atoms with Crippen molar-refractivity contribution >= 4 is 11.6 Å². The van der Waals surface area contributed by atoms with Crippen LogP contribution in [0.25, 0.3) is 0 Å². The number of halogens is 3. The van der Waals surface area contributed by atoms with Crippen molar-refractivity contribution in [2.75, 3.05) is 44.2 Å². The summed E-state index contributed by atoms with van der Waals surface area (Å²) in [5, 5.41) is 4.99. The lowest BCUT2D eigenvalue weighted by Gasteiger charge is -2.44. The molecule has 2 aliphatic heterocycles. The number of nitrogens with zero attached hydrogens (tertiary/aromatic N) is 3. The molecule has 4 rings (SSSR count). The third kappa shape index (κ3) is 4.38. The van der Waals surface area contributed by atoms with Gasteiger partial charge in [0.25, 0.3) is 11.5 Å². The van der Waals surface area contributed by atoms with Crippen LogP contribution in [0.1, 0.15) is 28.9 Å². The number of carbonyl (C=O) groups excluding carboxylic acids is 1. The molecular weight excluding hydrogens is 399 g/mol. The van der Waals surface area contributed by atoms with E-state index in [1.165, 1.54) is 18.2 Å². The van der Waals surface area contributed by atoms with Crippen LogP contribution < -0.4 is 10.5 Å². The first-order chi connectivity index (χ1) is 14.3. The van der Waals surface area contributed by atoms with Crippen LogP contribution in [0.5, 0.6) is 0 Å². The van der Waals surface area contributed by atoms with Crippen molar-refractivity contribution in [1.82, 2.24) is 20.0 Å². The molecule has 7 nitrogen and oxygen atoms in total. The van der Waals surface area contributed by atoms with Gasteiger partial charge in [-0.25, -0.2) is 0 Å². The summed E-state index contributed by atoms with van der Waals surface area (Å²) in [5.41, 5.74) is -0.124. The maximum absolute atomic E-state index is 13.0. The van der Waals surface area contributed by atoms with Crippen LogP contribution in [0.3, 0.4) is 0 Å². The topological polar surface area (TPSA) is 75.4 Å². The second kappa shape index (κ2) is 8.17. The maximum Gasteiger partial charge on any atom is 0.416 e. The monoisotopic (exact) mass is 423 g/mol. The van der Waals surface area contributed by atoms with Crippen LogP contribution >= 0.6 is 0 Å². The number of alkyl halides is 3. The van der Waals surface area contributed by atoms with Gasteiger partial charge in [-0.15, -0.1) is 0 Å². The first kappa shape index (κ1) is 20.5. The van der Waals surface area contributed by atoms with Crippen molar-refractivity contribution in [3.05, 3.63) is 51.9 Å². The number of aromatic amines is 2. The van der Waals surface area contributed by atoms with Crippen LogP contribution in [-0.2, 0) is 6.18 Å². The number of nitrogens with one attached hydrogen (secondary N) is 2. The number of amides is 1. The molecule has 2 aromatic rings. The summed E-state index contributed by atoms with van der Waals surface area (Å²) in [6, 6.07) is 6.92. The molecule has 2 aliphatic rings. The van der Waals surface area contributed by atoms with Crippen LogP contribution in [0.15, 0.2) is 35.1 Å². The van der Waals surface area contributed by atoms with E-state index < -0.39 is 11.7 Å². The molecule has 1 aromatic carbocycles. The zero-order valence-corrected chi connectivity index (χ0v) is 16.4. The fraction of sp³-hybridized carbons (Fsp3) is 0.500. The lowest BCUT2D eigenvalue weighted by molar-refractivity contribution is -0.137. The van der Waals surface area contributed by atoms with Crippen LogP contribution in [0.2, 0.25) is 0 Å². The van der Waals surface area contributed by atoms with Crippen molar-refractivity contribution in [3.63, 3.8) is 0 Å². The first-order valence-corrected chi connectivity index (χ1v) is 10.0. The maximum atomic E-state index is 13.0. The molecule has 1 amide bonds. The van der Waals surface area contributed by atoms with Crippen molar-refractivity contribution in [1.29, 1.82) is 0 Å². The van der Waals surface area contributed by atoms with Gasteiger partial charge >= 0.3 is 6.18 Å². The Labute approximate surface area is 171 Å². The number of piperazine rings is 1. The summed E-state index contributed by atoms with van der Waals surface area (Å²) < 4.78 is 39.0. The molecular formula is C20H24F3N5O2. The van der Waals surface area contributed by atoms with E-state index in [-0.39, 0.29) is 23.2 Å². The van der Waals surface area contributed by atoms with Gasteiger partial charge in [0, 0.05) is 57.1 Å². The molecule has 10 heteroatoms. The van der Waals surface area contributed by atoms with E-state index in [4.69, 9.17) is 0 Å². The van der Waals surface area contributed by atoms with Gasteiger partial charge in [0.2, 0.25) is 0 Å². The van der Waals surface area contributed by atoms with Gasteiger partial charge in [0.1, 0.15) is 5.69 Å². The van der Waals surface area contributed by atoms with E-state index in [1.807, 2.05) is 4.90 Å². The Kier molecular flexibility index (Phi) is 5.59. The second-order valence-electron chi connectivity index (χ2n) is 7.79. The van der Waals surface area contributed by atoms with E-state index in [9.17, 15) is 22.8 Å².